The van der Waals surface area contributed by atoms with Crippen molar-refractivity contribution in [1.82, 2.24) is 0 Å². The van der Waals surface area contributed by atoms with Crippen molar-refractivity contribution in [3.8, 4) is 5.75 Å². The molecule has 0 heterocycles. The van der Waals surface area contributed by atoms with Gasteiger partial charge in [0.1, 0.15) is 5.75 Å². The first kappa shape index (κ1) is 44.0. The minimum absolute atomic E-state index is 0.801. The first-order valence-electron chi connectivity index (χ1n) is 14.7. The Morgan fingerprint density at radius 2 is 0.700 bits per heavy atom. The Morgan fingerprint density at radius 3 is 0.950 bits per heavy atom. The molecule has 0 N–H and O–H groups in total. The SMILES string of the molecule is CC.CC.CC.CC.COc1ccc(C)cc1.Cc1ccc(Cl)cc1.Cc1ccccc1.Cc1ccccc1C. The molecule has 224 valence electrons. The highest BCUT2D eigenvalue weighted by atomic mass is 35.5. The summed E-state index contributed by atoms with van der Waals surface area (Å²) in [6.07, 6.45) is 0. The van der Waals surface area contributed by atoms with Gasteiger partial charge in [0.15, 0.2) is 0 Å². The first-order chi connectivity index (χ1) is 19.3. The number of aryl methyl sites for hydroxylation is 5. The van der Waals surface area contributed by atoms with E-state index in [1.807, 2.05) is 129 Å². The molecule has 0 spiro atoms. The van der Waals surface area contributed by atoms with Crippen molar-refractivity contribution in [3.05, 3.63) is 136 Å². The van der Waals surface area contributed by atoms with Crippen LogP contribution in [0, 0.1) is 34.6 Å². The Labute approximate surface area is 254 Å². The van der Waals surface area contributed by atoms with Crippen molar-refractivity contribution in [1.29, 1.82) is 0 Å². The van der Waals surface area contributed by atoms with E-state index >= 15 is 0 Å². The van der Waals surface area contributed by atoms with Crippen molar-refractivity contribution in [2.24, 2.45) is 0 Å². The van der Waals surface area contributed by atoms with Gasteiger partial charge < -0.3 is 4.74 Å². The zero-order chi connectivity index (χ0) is 31.8. The van der Waals surface area contributed by atoms with Gasteiger partial charge in [-0.25, -0.2) is 0 Å². The molecule has 0 aliphatic heterocycles. The second kappa shape index (κ2) is 34.0. The Kier molecular flexibility index (Phi) is 37.4. The first-order valence-corrected chi connectivity index (χ1v) is 15.1. The number of methoxy groups -OCH3 is 1. The molecule has 4 rings (SSSR count). The number of hydrogen-bond donors (Lipinski definition) is 0. The highest BCUT2D eigenvalue weighted by Gasteiger charge is 1.86. The molecule has 0 bridgehead atoms. The lowest BCUT2D eigenvalue weighted by Gasteiger charge is -1.97. The van der Waals surface area contributed by atoms with E-state index in [2.05, 4.69) is 64.1 Å². The Hall–Kier alpha value is -3.03. The van der Waals surface area contributed by atoms with Crippen LogP contribution in [0.25, 0.3) is 0 Å². The lowest BCUT2D eigenvalue weighted by Crippen LogP contribution is -1.80. The van der Waals surface area contributed by atoms with Crippen LogP contribution in [-0.2, 0) is 0 Å². The molecule has 40 heavy (non-hydrogen) atoms. The van der Waals surface area contributed by atoms with E-state index < -0.39 is 0 Å². The van der Waals surface area contributed by atoms with E-state index in [-0.39, 0.29) is 0 Å². The van der Waals surface area contributed by atoms with Crippen LogP contribution in [0.1, 0.15) is 83.2 Å². The lowest BCUT2D eigenvalue weighted by molar-refractivity contribution is 0.414. The Bertz CT molecular complexity index is 950. The fourth-order valence-electron chi connectivity index (χ4n) is 2.40. The number of hydrogen-bond acceptors (Lipinski definition) is 1. The smallest absolute Gasteiger partial charge is 0.118 e. The van der Waals surface area contributed by atoms with E-state index in [1.54, 1.807) is 7.11 Å². The molecule has 1 nitrogen and oxygen atoms in total. The van der Waals surface area contributed by atoms with Gasteiger partial charge in [-0.3, -0.25) is 0 Å². The van der Waals surface area contributed by atoms with E-state index in [0.717, 1.165) is 10.8 Å². The predicted molar refractivity (Wildman–Crippen MR) is 186 cm³/mol. The van der Waals surface area contributed by atoms with Gasteiger partial charge in [-0.15, -0.1) is 0 Å². The summed E-state index contributed by atoms with van der Waals surface area (Å²) in [7, 11) is 1.67. The fraction of sp³-hybridized carbons (Fsp3) is 0.368. The number of ether oxygens (including phenoxy) is 1. The quantitative estimate of drug-likeness (QED) is 0.222. The van der Waals surface area contributed by atoms with Gasteiger partial charge in [-0.2, -0.15) is 0 Å². The van der Waals surface area contributed by atoms with E-state index in [0.29, 0.717) is 0 Å². The van der Waals surface area contributed by atoms with Crippen molar-refractivity contribution in [3.63, 3.8) is 0 Å². The fourth-order valence-corrected chi connectivity index (χ4v) is 2.53. The highest BCUT2D eigenvalue weighted by molar-refractivity contribution is 6.30. The molecule has 2 heteroatoms. The Morgan fingerprint density at radius 1 is 0.400 bits per heavy atom. The van der Waals surface area contributed by atoms with Crippen LogP contribution in [0.4, 0.5) is 0 Å². The van der Waals surface area contributed by atoms with Gasteiger partial charge in [0.2, 0.25) is 0 Å². The highest BCUT2D eigenvalue weighted by Crippen LogP contribution is 2.09. The van der Waals surface area contributed by atoms with Crippen molar-refractivity contribution in [2.45, 2.75) is 90.0 Å². The third-order valence-corrected chi connectivity index (χ3v) is 4.89. The summed E-state index contributed by atoms with van der Waals surface area (Å²) < 4.78 is 4.97. The molecule has 4 aromatic carbocycles. The second-order valence-corrected chi connectivity index (χ2v) is 7.99. The minimum Gasteiger partial charge on any atom is -0.497 e. The monoisotopic (exact) mass is 566 g/mol. The van der Waals surface area contributed by atoms with Crippen molar-refractivity contribution < 1.29 is 4.74 Å². The van der Waals surface area contributed by atoms with Gasteiger partial charge >= 0.3 is 0 Å². The molecule has 0 atom stereocenters. The molecule has 0 aliphatic rings. The van der Waals surface area contributed by atoms with E-state index in [1.165, 1.54) is 27.8 Å². The van der Waals surface area contributed by atoms with Crippen LogP contribution >= 0.6 is 11.6 Å². The lowest BCUT2D eigenvalue weighted by atomic mass is 10.1. The third kappa shape index (κ3) is 28.0. The predicted octanol–water partition coefficient (Wildman–Crippen LogP) is 13.1. The van der Waals surface area contributed by atoms with Gasteiger partial charge in [-0.05, 0) is 70.0 Å². The van der Waals surface area contributed by atoms with Crippen LogP contribution in [0.2, 0.25) is 5.02 Å². The number of halogens is 1. The molecular formula is C38H59ClO. The normalized spacial score (nSPS) is 7.88. The van der Waals surface area contributed by atoms with E-state index in [4.69, 9.17) is 16.3 Å². The van der Waals surface area contributed by atoms with Gasteiger partial charge in [0, 0.05) is 5.02 Å². The van der Waals surface area contributed by atoms with Gasteiger partial charge in [-0.1, -0.05) is 163 Å². The summed E-state index contributed by atoms with van der Waals surface area (Å²) in [6, 6.07) is 34.3. The van der Waals surface area contributed by atoms with E-state index in [9.17, 15) is 0 Å². The largest absolute Gasteiger partial charge is 0.497 e. The molecule has 0 saturated carbocycles. The maximum absolute atomic E-state index is 5.61. The topological polar surface area (TPSA) is 9.23 Å². The molecular weight excluding hydrogens is 508 g/mol. The summed E-state index contributed by atoms with van der Waals surface area (Å²) in [5, 5.41) is 0.801. The summed E-state index contributed by atoms with van der Waals surface area (Å²) >= 11 is 5.61. The molecule has 0 fully saturated rings. The van der Waals surface area contributed by atoms with Crippen LogP contribution in [0.15, 0.2) is 103 Å². The van der Waals surface area contributed by atoms with Crippen LogP contribution in [0.3, 0.4) is 0 Å². The number of benzene rings is 4. The average molecular weight is 567 g/mol. The maximum Gasteiger partial charge on any atom is 0.118 e. The Balaban J connectivity index is -0.000000199. The summed E-state index contributed by atoms with van der Waals surface area (Å²) in [6.45, 7) is 26.4. The minimum atomic E-state index is 0.801. The maximum atomic E-state index is 5.61. The van der Waals surface area contributed by atoms with Gasteiger partial charge in [0.05, 0.1) is 7.11 Å². The number of rotatable bonds is 1. The van der Waals surface area contributed by atoms with Crippen LogP contribution in [0.5, 0.6) is 5.75 Å². The molecule has 0 amide bonds. The average Bonchev–Trinajstić information content (AvgIpc) is 3.02. The standard InChI is InChI=1S/C8H10O.C8H10.C7H7Cl.C7H8.4C2H6/c1-7-3-5-8(9-2)6-4-7;1-7-5-3-4-6-8(7)2;1-6-2-4-7(8)5-3-6;1-7-5-3-2-4-6-7;4*1-2/h3-6H,1-2H3;3-6H,1-2H3;2-5H,1H3;2-6H,1H3;4*1-2H3. The van der Waals surface area contributed by atoms with Gasteiger partial charge in [0.25, 0.3) is 0 Å². The molecule has 0 aliphatic carbocycles. The molecule has 0 unspecified atom stereocenters. The zero-order valence-electron chi connectivity index (χ0n) is 28.1. The summed E-state index contributed by atoms with van der Waals surface area (Å²) in [4.78, 5) is 0. The zero-order valence-corrected chi connectivity index (χ0v) is 28.9. The molecule has 0 aromatic heterocycles. The van der Waals surface area contributed by atoms with Crippen molar-refractivity contribution >= 4 is 11.6 Å². The molecule has 0 radical (unpaired) electrons. The van der Waals surface area contributed by atoms with Crippen LogP contribution < -0.4 is 4.74 Å². The third-order valence-electron chi connectivity index (χ3n) is 4.63. The molecule has 4 aromatic rings. The summed E-state index contributed by atoms with van der Waals surface area (Å²) in [5.74, 6) is 0.917. The van der Waals surface area contributed by atoms with Crippen molar-refractivity contribution in [2.75, 3.05) is 7.11 Å². The summed E-state index contributed by atoms with van der Waals surface area (Å²) in [5.41, 5.74) is 6.56. The second-order valence-electron chi connectivity index (χ2n) is 7.55. The van der Waals surface area contributed by atoms with Crippen LogP contribution in [-0.4, -0.2) is 7.11 Å². The molecule has 0 saturated heterocycles.